The number of rotatable bonds is 6. The lowest BCUT2D eigenvalue weighted by molar-refractivity contribution is -0.123. The van der Waals surface area contributed by atoms with Crippen molar-refractivity contribution in [1.29, 1.82) is 0 Å². The van der Waals surface area contributed by atoms with E-state index in [9.17, 15) is 4.79 Å². The van der Waals surface area contributed by atoms with E-state index in [2.05, 4.69) is 16.7 Å². The molecule has 2 heterocycles. The van der Waals surface area contributed by atoms with Crippen LogP contribution in [0.4, 0.5) is 0 Å². The fourth-order valence-electron chi connectivity index (χ4n) is 4.07. The van der Waals surface area contributed by atoms with Gasteiger partial charge in [0.1, 0.15) is 11.9 Å². The van der Waals surface area contributed by atoms with Gasteiger partial charge in [0.15, 0.2) is 0 Å². The van der Waals surface area contributed by atoms with E-state index < -0.39 is 0 Å². The molecular weight excluding hydrogens is 302 g/mol. The Balaban J connectivity index is 1.60. The molecule has 0 aliphatic carbocycles. The Morgan fingerprint density at radius 1 is 1.25 bits per heavy atom. The molecule has 2 fully saturated rings. The minimum atomic E-state index is -0.217. The van der Waals surface area contributed by atoms with Crippen LogP contribution in [0.2, 0.25) is 0 Å². The summed E-state index contributed by atoms with van der Waals surface area (Å²) in [5, 5.41) is 0. The number of primary amides is 1. The highest BCUT2D eigenvalue weighted by Gasteiger charge is 2.41. The van der Waals surface area contributed by atoms with Crippen molar-refractivity contribution in [3.8, 4) is 5.75 Å². The third kappa shape index (κ3) is 4.08. The summed E-state index contributed by atoms with van der Waals surface area (Å²) in [7, 11) is 0. The second kappa shape index (κ2) is 7.99. The van der Waals surface area contributed by atoms with Crippen molar-refractivity contribution in [2.45, 2.75) is 50.8 Å². The van der Waals surface area contributed by atoms with Gasteiger partial charge in [0.05, 0.1) is 6.04 Å². The fraction of sp³-hybridized carbons (Fsp3) is 0.632. The largest absolute Gasteiger partial charge is 0.489 e. The zero-order chi connectivity index (χ0) is 16.9. The monoisotopic (exact) mass is 331 g/mol. The Kier molecular flexibility index (Phi) is 5.74. The lowest BCUT2D eigenvalue weighted by Gasteiger charge is -2.38. The fourth-order valence-corrected chi connectivity index (χ4v) is 4.07. The quantitative estimate of drug-likeness (QED) is 0.864. The second-order valence-electron chi connectivity index (χ2n) is 6.98. The highest BCUT2D eigenvalue weighted by molar-refractivity contribution is 5.80. The summed E-state index contributed by atoms with van der Waals surface area (Å²) in [6.45, 7) is 6.42. The van der Waals surface area contributed by atoms with Crippen LogP contribution < -0.4 is 10.5 Å². The number of carbonyl (C=O) groups is 1. The number of carbonyl (C=O) groups excluding carboxylic acids is 1. The van der Waals surface area contributed by atoms with Crippen LogP contribution in [0, 0.1) is 0 Å². The van der Waals surface area contributed by atoms with Gasteiger partial charge < -0.3 is 15.4 Å². The van der Waals surface area contributed by atoms with Crippen LogP contribution in [-0.2, 0) is 4.79 Å². The van der Waals surface area contributed by atoms with Crippen molar-refractivity contribution < 1.29 is 9.53 Å². The van der Waals surface area contributed by atoms with E-state index in [4.69, 9.17) is 10.5 Å². The number of hydrogen-bond donors (Lipinski definition) is 1. The number of para-hydroxylation sites is 1. The molecule has 2 N–H and O–H groups in total. The number of nitrogens with two attached hydrogens (primary N) is 1. The minimum Gasteiger partial charge on any atom is -0.489 e. The Hall–Kier alpha value is -1.59. The smallest absolute Gasteiger partial charge is 0.234 e. The molecule has 2 saturated heterocycles. The number of nitrogens with zero attached hydrogens (tertiary/aromatic N) is 2. The molecule has 0 spiro atoms. The first-order valence-electron chi connectivity index (χ1n) is 9.16. The average Bonchev–Trinajstić information content (AvgIpc) is 3.01. The van der Waals surface area contributed by atoms with Gasteiger partial charge in [0, 0.05) is 19.0 Å². The van der Waals surface area contributed by atoms with E-state index in [1.165, 1.54) is 13.0 Å². The molecule has 24 heavy (non-hydrogen) atoms. The number of hydrogen-bond acceptors (Lipinski definition) is 4. The molecule has 0 radical (unpaired) electrons. The van der Waals surface area contributed by atoms with Gasteiger partial charge in [-0.25, -0.2) is 0 Å². The molecule has 3 rings (SSSR count). The topological polar surface area (TPSA) is 58.8 Å². The standard InChI is InChI=1S/C19H29N3O2/c1-2-10-21-11-8-15(9-12-21)22-14-17(13-18(22)19(20)23)24-16-6-4-3-5-7-16/h3-7,15,17-18H,2,8-14H2,1H3,(H2,20,23)/t17-,18-/m0/s1. The number of amides is 1. The van der Waals surface area contributed by atoms with Crippen LogP contribution in [0.3, 0.4) is 0 Å². The molecule has 1 aromatic carbocycles. The van der Waals surface area contributed by atoms with Crippen LogP contribution >= 0.6 is 0 Å². The molecule has 132 valence electrons. The predicted molar refractivity (Wildman–Crippen MR) is 94.9 cm³/mol. The van der Waals surface area contributed by atoms with Crippen molar-refractivity contribution >= 4 is 5.91 Å². The van der Waals surface area contributed by atoms with Gasteiger partial charge in [-0.1, -0.05) is 25.1 Å². The first kappa shape index (κ1) is 17.2. The van der Waals surface area contributed by atoms with E-state index in [1.54, 1.807) is 0 Å². The molecule has 2 aliphatic rings. The summed E-state index contributed by atoms with van der Waals surface area (Å²) in [4.78, 5) is 16.8. The van der Waals surface area contributed by atoms with Gasteiger partial charge in [-0.15, -0.1) is 0 Å². The van der Waals surface area contributed by atoms with Crippen molar-refractivity contribution in [1.82, 2.24) is 9.80 Å². The average molecular weight is 331 g/mol. The zero-order valence-electron chi connectivity index (χ0n) is 14.6. The molecule has 5 heteroatoms. The summed E-state index contributed by atoms with van der Waals surface area (Å²) >= 11 is 0. The molecule has 0 unspecified atom stereocenters. The van der Waals surface area contributed by atoms with E-state index in [0.29, 0.717) is 12.5 Å². The van der Waals surface area contributed by atoms with Crippen molar-refractivity contribution in [2.24, 2.45) is 5.73 Å². The molecule has 0 saturated carbocycles. The second-order valence-corrected chi connectivity index (χ2v) is 6.98. The number of piperidine rings is 1. The van der Waals surface area contributed by atoms with Crippen LogP contribution in [0.15, 0.2) is 30.3 Å². The zero-order valence-corrected chi connectivity index (χ0v) is 14.6. The molecule has 2 aliphatic heterocycles. The van der Waals surface area contributed by atoms with Gasteiger partial charge >= 0.3 is 0 Å². The highest BCUT2D eigenvalue weighted by atomic mass is 16.5. The molecule has 1 amide bonds. The molecule has 2 atom stereocenters. The van der Waals surface area contributed by atoms with E-state index in [1.807, 2.05) is 30.3 Å². The van der Waals surface area contributed by atoms with E-state index in [-0.39, 0.29) is 18.1 Å². The molecular formula is C19H29N3O2. The molecule has 0 bridgehead atoms. The van der Waals surface area contributed by atoms with Crippen LogP contribution in [0.1, 0.15) is 32.6 Å². The normalized spacial score (nSPS) is 26.5. The number of benzene rings is 1. The third-order valence-corrected chi connectivity index (χ3v) is 5.24. The maximum absolute atomic E-state index is 11.9. The van der Waals surface area contributed by atoms with Gasteiger partial charge in [0.2, 0.25) is 5.91 Å². The van der Waals surface area contributed by atoms with E-state index >= 15 is 0 Å². The Morgan fingerprint density at radius 2 is 1.96 bits per heavy atom. The minimum absolute atomic E-state index is 0.0403. The first-order valence-corrected chi connectivity index (χ1v) is 9.16. The van der Waals surface area contributed by atoms with Crippen LogP contribution in [0.25, 0.3) is 0 Å². The van der Waals surface area contributed by atoms with Gasteiger partial charge in [-0.2, -0.15) is 0 Å². The Labute approximate surface area is 144 Å². The highest BCUT2D eigenvalue weighted by Crippen LogP contribution is 2.28. The SMILES string of the molecule is CCCN1CCC(N2C[C@@H](Oc3ccccc3)C[C@H]2C(N)=O)CC1. The maximum Gasteiger partial charge on any atom is 0.234 e. The van der Waals surface area contributed by atoms with Crippen LogP contribution in [-0.4, -0.2) is 60.1 Å². The lowest BCUT2D eigenvalue weighted by Crippen LogP contribution is -2.50. The lowest BCUT2D eigenvalue weighted by atomic mass is 10.0. The summed E-state index contributed by atoms with van der Waals surface area (Å²) in [5.41, 5.74) is 5.68. The molecule has 5 nitrogen and oxygen atoms in total. The third-order valence-electron chi connectivity index (χ3n) is 5.24. The Bertz CT molecular complexity index is 529. The van der Waals surface area contributed by atoms with E-state index in [0.717, 1.165) is 38.2 Å². The van der Waals surface area contributed by atoms with Crippen LogP contribution in [0.5, 0.6) is 5.75 Å². The van der Waals surface area contributed by atoms with Crippen molar-refractivity contribution in [3.05, 3.63) is 30.3 Å². The summed E-state index contributed by atoms with van der Waals surface area (Å²) < 4.78 is 6.08. The summed E-state index contributed by atoms with van der Waals surface area (Å²) in [5.74, 6) is 0.649. The Morgan fingerprint density at radius 3 is 2.58 bits per heavy atom. The summed E-state index contributed by atoms with van der Waals surface area (Å²) in [6, 6.07) is 10.1. The summed E-state index contributed by atoms with van der Waals surface area (Å²) in [6.07, 6.45) is 4.16. The predicted octanol–water partition coefficient (Wildman–Crippen LogP) is 1.87. The maximum atomic E-state index is 11.9. The first-order chi connectivity index (χ1) is 11.7. The molecule has 1 aromatic rings. The van der Waals surface area contributed by atoms with Gasteiger partial charge in [-0.05, 0) is 51.0 Å². The van der Waals surface area contributed by atoms with Gasteiger partial charge in [0.25, 0.3) is 0 Å². The molecule has 0 aromatic heterocycles. The number of ether oxygens (including phenoxy) is 1. The van der Waals surface area contributed by atoms with Crippen molar-refractivity contribution in [2.75, 3.05) is 26.2 Å². The van der Waals surface area contributed by atoms with Gasteiger partial charge in [-0.3, -0.25) is 9.69 Å². The number of likely N-dealkylation sites (tertiary alicyclic amines) is 2. The van der Waals surface area contributed by atoms with Crippen molar-refractivity contribution in [3.63, 3.8) is 0 Å².